The number of aryl methyl sites for hydroxylation is 2. The van der Waals surface area contributed by atoms with E-state index in [2.05, 4.69) is 5.32 Å². The van der Waals surface area contributed by atoms with Gasteiger partial charge in [-0.25, -0.2) is 8.42 Å². The van der Waals surface area contributed by atoms with Crippen molar-refractivity contribution in [1.82, 2.24) is 4.57 Å². The van der Waals surface area contributed by atoms with Crippen molar-refractivity contribution in [2.75, 3.05) is 19.5 Å². The van der Waals surface area contributed by atoms with Gasteiger partial charge in [0.2, 0.25) is 5.91 Å². The molecule has 7 nitrogen and oxygen atoms in total. The van der Waals surface area contributed by atoms with Crippen molar-refractivity contribution >= 4 is 32.3 Å². The summed E-state index contributed by atoms with van der Waals surface area (Å²) in [7, 11) is -0.603. The van der Waals surface area contributed by atoms with E-state index in [4.69, 9.17) is 9.47 Å². The van der Waals surface area contributed by atoms with Gasteiger partial charge < -0.3 is 19.4 Å². The Balaban J connectivity index is 1.66. The Hall–Kier alpha value is -3.78. The van der Waals surface area contributed by atoms with E-state index >= 15 is 0 Å². The van der Waals surface area contributed by atoms with Gasteiger partial charge in [-0.1, -0.05) is 42.0 Å². The minimum atomic E-state index is -3.66. The number of methoxy groups -OCH3 is 2. The molecule has 0 saturated heterocycles. The molecule has 1 N–H and O–H groups in total. The number of carbonyl (C=O) groups excluding carboxylic acids is 1. The Morgan fingerprint density at radius 3 is 2.49 bits per heavy atom. The molecule has 0 radical (unpaired) electrons. The number of hydrogen-bond acceptors (Lipinski definition) is 5. The zero-order valence-corrected chi connectivity index (χ0v) is 21.0. The van der Waals surface area contributed by atoms with E-state index in [1.165, 1.54) is 7.11 Å². The molecule has 0 spiro atoms. The molecule has 0 atom stereocenters. The van der Waals surface area contributed by atoms with Gasteiger partial charge in [-0.3, -0.25) is 4.79 Å². The van der Waals surface area contributed by atoms with Crippen LogP contribution in [0.5, 0.6) is 11.5 Å². The highest BCUT2D eigenvalue weighted by Gasteiger charge is 2.23. The van der Waals surface area contributed by atoms with Crippen molar-refractivity contribution in [1.29, 1.82) is 0 Å². The predicted octanol–water partition coefficient (Wildman–Crippen LogP) is 4.89. The molecule has 0 aliphatic rings. The van der Waals surface area contributed by atoms with E-state index in [-0.39, 0.29) is 23.1 Å². The molecule has 0 aliphatic heterocycles. The molecular weight excluding hydrogens is 464 g/mol. The van der Waals surface area contributed by atoms with Crippen LogP contribution >= 0.6 is 0 Å². The van der Waals surface area contributed by atoms with Crippen LogP contribution in [0, 0.1) is 13.8 Å². The second-order valence-electron chi connectivity index (χ2n) is 8.44. The number of amides is 1. The van der Waals surface area contributed by atoms with Gasteiger partial charge in [-0.15, -0.1) is 0 Å². The molecule has 1 heterocycles. The van der Waals surface area contributed by atoms with Crippen molar-refractivity contribution in [2.24, 2.45) is 0 Å². The fourth-order valence-corrected chi connectivity index (χ4v) is 5.76. The third-order valence-electron chi connectivity index (χ3n) is 5.93. The van der Waals surface area contributed by atoms with E-state index in [0.29, 0.717) is 28.1 Å². The summed E-state index contributed by atoms with van der Waals surface area (Å²) in [5.74, 6) is 0.637. The molecule has 1 amide bonds. The lowest BCUT2D eigenvalue weighted by Crippen LogP contribution is -2.18. The number of anilines is 1. The summed E-state index contributed by atoms with van der Waals surface area (Å²) in [6.07, 6.45) is 1.55. The molecule has 0 bridgehead atoms. The molecule has 0 aliphatic carbocycles. The van der Waals surface area contributed by atoms with Crippen LogP contribution < -0.4 is 14.8 Å². The first-order chi connectivity index (χ1) is 16.7. The summed E-state index contributed by atoms with van der Waals surface area (Å²) in [6, 6.07) is 18.1. The highest BCUT2D eigenvalue weighted by molar-refractivity contribution is 7.90. The molecule has 4 rings (SSSR count). The minimum Gasteiger partial charge on any atom is -0.497 e. The Bertz CT molecular complexity index is 1510. The Morgan fingerprint density at radius 2 is 1.74 bits per heavy atom. The summed E-state index contributed by atoms with van der Waals surface area (Å²) in [4.78, 5) is 13.2. The molecule has 4 aromatic rings. The van der Waals surface area contributed by atoms with Gasteiger partial charge in [0.05, 0.1) is 30.6 Å². The van der Waals surface area contributed by atoms with Crippen LogP contribution in [0.25, 0.3) is 10.9 Å². The normalized spacial score (nSPS) is 11.4. The molecule has 182 valence electrons. The van der Waals surface area contributed by atoms with E-state index < -0.39 is 9.84 Å². The number of benzene rings is 3. The third kappa shape index (κ3) is 5.17. The predicted molar refractivity (Wildman–Crippen MR) is 137 cm³/mol. The van der Waals surface area contributed by atoms with Crippen molar-refractivity contribution in [3.8, 4) is 11.5 Å². The minimum absolute atomic E-state index is 0.0696. The van der Waals surface area contributed by atoms with Gasteiger partial charge >= 0.3 is 0 Å². The number of nitrogens with one attached hydrogen (secondary N) is 1. The Kier molecular flexibility index (Phi) is 6.84. The molecule has 0 unspecified atom stereocenters. The van der Waals surface area contributed by atoms with Gasteiger partial charge in [0, 0.05) is 23.2 Å². The number of aromatic nitrogens is 1. The lowest BCUT2D eigenvalue weighted by molar-refractivity contribution is -0.116. The monoisotopic (exact) mass is 492 g/mol. The van der Waals surface area contributed by atoms with E-state index in [9.17, 15) is 13.2 Å². The van der Waals surface area contributed by atoms with Crippen LogP contribution in [0.4, 0.5) is 5.69 Å². The van der Waals surface area contributed by atoms with E-state index in [0.717, 1.165) is 16.7 Å². The highest BCUT2D eigenvalue weighted by Crippen LogP contribution is 2.31. The van der Waals surface area contributed by atoms with E-state index in [1.54, 1.807) is 48.2 Å². The number of sulfone groups is 1. The molecule has 35 heavy (non-hydrogen) atoms. The fraction of sp³-hybridized carbons (Fsp3) is 0.222. The zero-order valence-electron chi connectivity index (χ0n) is 20.2. The van der Waals surface area contributed by atoms with Crippen molar-refractivity contribution in [3.63, 3.8) is 0 Å². The largest absolute Gasteiger partial charge is 0.497 e. The Morgan fingerprint density at radius 1 is 0.971 bits per heavy atom. The standard InChI is InChI=1S/C27H28N2O5S/c1-18-9-10-19(2)20(13-18)17-35(31,32)26-15-29(24-8-6-5-7-22(24)26)16-27(30)28-23-14-21(33-3)11-12-25(23)34-4/h5-15H,16-17H2,1-4H3,(H,28,30). The van der Waals surface area contributed by atoms with Crippen LogP contribution in [0.2, 0.25) is 0 Å². The summed E-state index contributed by atoms with van der Waals surface area (Å²) in [5, 5.41) is 3.42. The fourth-order valence-electron chi connectivity index (χ4n) is 4.09. The first-order valence-electron chi connectivity index (χ1n) is 11.1. The molecule has 3 aromatic carbocycles. The summed E-state index contributed by atoms with van der Waals surface area (Å²) < 4.78 is 39.2. The number of para-hydroxylation sites is 1. The van der Waals surface area contributed by atoms with Gasteiger partial charge in [0.1, 0.15) is 18.0 Å². The van der Waals surface area contributed by atoms with Crippen LogP contribution in [0.15, 0.2) is 71.8 Å². The second kappa shape index (κ2) is 9.84. The first-order valence-corrected chi connectivity index (χ1v) is 12.8. The zero-order chi connectivity index (χ0) is 25.2. The summed E-state index contributed by atoms with van der Waals surface area (Å²) in [6.45, 7) is 3.78. The van der Waals surface area contributed by atoms with Gasteiger partial charge in [-0.2, -0.15) is 0 Å². The Labute approximate surface area is 205 Å². The van der Waals surface area contributed by atoms with Gasteiger partial charge in [-0.05, 0) is 43.2 Å². The number of nitrogens with zero attached hydrogens (tertiary/aromatic N) is 1. The smallest absolute Gasteiger partial charge is 0.244 e. The average Bonchev–Trinajstić information content (AvgIpc) is 3.20. The van der Waals surface area contributed by atoms with Crippen molar-refractivity contribution in [3.05, 3.63) is 83.6 Å². The van der Waals surface area contributed by atoms with Crippen LogP contribution in [-0.4, -0.2) is 33.1 Å². The highest BCUT2D eigenvalue weighted by atomic mass is 32.2. The molecule has 8 heteroatoms. The summed E-state index contributed by atoms with van der Waals surface area (Å²) >= 11 is 0. The van der Waals surface area contributed by atoms with E-state index in [1.807, 2.05) is 44.2 Å². The maximum atomic E-state index is 13.5. The number of ether oxygens (including phenoxy) is 2. The first kappa shape index (κ1) is 24.3. The number of fused-ring (bicyclic) bond motifs is 1. The molecule has 0 fully saturated rings. The quantitative estimate of drug-likeness (QED) is 0.379. The lowest BCUT2D eigenvalue weighted by atomic mass is 10.1. The maximum Gasteiger partial charge on any atom is 0.244 e. The molecule has 0 saturated carbocycles. The molecule has 1 aromatic heterocycles. The van der Waals surface area contributed by atoms with Gasteiger partial charge in [0.15, 0.2) is 9.84 Å². The third-order valence-corrected chi connectivity index (χ3v) is 7.62. The van der Waals surface area contributed by atoms with Crippen molar-refractivity contribution in [2.45, 2.75) is 31.0 Å². The average molecular weight is 493 g/mol. The van der Waals surface area contributed by atoms with Crippen LogP contribution in [0.1, 0.15) is 16.7 Å². The maximum absolute atomic E-state index is 13.5. The summed E-state index contributed by atoms with van der Waals surface area (Å²) in [5.41, 5.74) is 3.84. The number of rotatable bonds is 8. The number of carbonyl (C=O) groups is 1. The second-order valence-corrected chi connectivity index (χ2v) is 10.4. The van der Waals surface area contributed by atoms with Crippen LogP contribution in [-0.2, 0) is 26.9 Å². The number of hydrogen-bond donors (Lipinski definition) is 1. The molecular formula is C27H28N2O5S. The van der Waals surface area contributed by atoms with Gasteiger partial charge in [0.25, 0.3) is 0 Å². The topological polar surface area (TPSA) is 86.6 Å². The lowest BCUT2D eigenvalue weighted by Gasteiger charge is -2.12. The SMILES string of the molecule is COc1ccc(OC)c(NC(=O)Cn2cc(S(=O)(=O)Cc3cc(C)ccc3C)c3ccccc32)c1. The van der Waals surface area contributed by atoms with Crippen molar-refractivity contribution < 1.29 is 22.7 Å². The van der Waals surface area contributed by atoms with Crippen LogP contribution in [0.3, 0.4) is 0 Å².